The second-order valence-electron chi connectivity index (χ2n) is 8.19. The number of pyridine rings is 2. The van der Waals surface area contributed by atoms with E-state index < -0.39 is 22.5 Å². The molecule has 0 saturated heterocycles. The van der Waals surface area contributed by atoms with Gasteiger partial charge >= 0.3 is 11.9 Å². The van der Waals surface area contributed by atoms with Crippen molar-refractivity contribution >= 4 is 34.2 Å². The maximum Gasteiger partial charge on any atom is 0.355 e. The van der Waals surface area contributed by atoms with E-state index in [1.54, 1.807) is 26.1 Å². The third-order valence-electron chi connectivity index (χ3n) is 6.42. The molecule has 2 aliphatic rings. The summed E-state index contributed by atoms with van der Waals surface area (Å²) >= 11 is 0. The number of nitrogens with one attached hydrogen (secondary N) is 1. The van der Waals surface area contributed by atoms with Crippen LogP contribution >= 0.6 is 0 Å². The molecule has 0 aliphatic carbocycles. The summed E-state index contributed by atoms with van der Waals surface area (Å²) in [6, 6.07) is 6.04. The number of nitrogens with zero attached hydrogens (tertiary/aromatic N) is 3. The van der Waals surface area contributed by atoms with E-state index >= 15 is 0 Å². The molecule has 0 spiro atoms. The molecule has 4 heterocycles. The Morgan fingerprint density at radius 2 is 2.09 bits per heavy atom. The number of carbonyl (C=O) groups excluding carboxylic acids is 2. The van der Waals surface area contributed by atoms with Crippen LogP contribution in [0.2, 0.25) is 0 Å². The topological polar surface area (TPSA) is 143 Å². The van der Waals surface area contributed by atoms with Crippen LogP contribution in [0.15, 0.2) is 29.1 Å². The number of carbonyl (C=O) groups is 2. The summed E-state index contributed by atoms with van der Waals surface area (Å²) in [5, 5.41) is 14.9. The standard InChI is InChI=1S/C23H20N4O7/c1-4-23(34-11(2)28)16-8-18-20-14(9-26(18)21(29)15(16)10-33-22(23)30)19(24-3)13-7-12(27(31)32)5-6-17(13)25-20/h5-8H,4,9-10H2,1-3H3,(H,24,25). The van der Waals surface area contributed by atoms with E-state index in [9.17, 15) is 24.5 Å². The SMILES string of the molecule is CCC1(OC(C)=O)C(=O)OCc2c1cc1n(c2=O)Cc2c-1nc1ccc([N+](=O)[O-])cc1c2NC. The molecule has 1 unspecified atom stereocenters. The van der Waals surface area contributed by atoms with Crippen molar-refractivity contribution in [3.05, 3.63) is 61.4 Å². The largest absolute Gasteiger partial charge is 0.457 e. The summed E-state index contributed by atoms with van der Waals surface area (Å²) in [6.45, 7) is 2.82. The fourth-order valence-electron chi connectivity index (χ4n) is 4.87. The van der Waals surface area contributed by atoms with Crippen LogP contribution in [0.4, 0.5) is 11.4 Å². The summed E-state index contributed by atoms with van der Waals surface area (Å²) in [5.74, 6) is -1.40. The van der Waals surface area contributed by atoms with E-state index in [-0.39, 0.29) is 36.4 Å². The molecule has 1 atom stereocenters. The van der Waals surface area contributed by atoms with Crippen molar-refractivity contribution in [3.8, 4) is 11.4 Å². The van der Waals surface area contributed by atoms with Crippen LogP contribution in [0.25, 0.3) is 22.3 Å². The van der Waals surface area contributed by atoms with Gasteiger partial charge in [0.25, 0.3) is 11.2 Å². The Morgan fingerprint density at radius 3 is 2.74 bits per heavy atom. The summed E-state index contributed by atoms with van der Waals surface area (Å²) in [5.41, 5.74) is 1.17. The zero-order valence-corrected chi connectivity index (χ0v) is 18.6. The molecule has 0 amide bonds. The lowest BCUT2D eigenvalue weighted by molar-refractivity contribution is -0.384. The lowest BCUT2D eigenvalue weighted by Crippen LogP contribution is -2.47. The van der Waals surface area contributed by atoms with Gasteiger partial charge in [0.05, 0.1) is 39.6 Å². The van der Waals surface area contributed by atoms with Crippen molar-refractivity contribution in [3.63, 3.8) is 0 Å². The number of nitro groups is 1. The Hall–Kier alpha value is -4.28. The van der Waals surface area contributed by atoms with Crippen LogP contribution in [0.3, 0.4) is 0 Å². The van der Waals surface area contributed by atoms with Crippen molar-refractivity contribution < 1.29 is 24.0 Å². The Bertz CT molecular complexity index is 1490. The van der Waals surface area contributed by atoms with Crippen LogP contribution in [0, 0.1) is 10.1 Å². The Kier molecular flexibility index (Phi) is 4.67. The second kappa shape index (κ2) is 7.37. The van der Waals surface area contributed by atoms with Gasteiger partial charge in [0.2, 0.25) is 5.60 Å². The van der Waals surface area contributed by atoms with E-state index in [0.717, 1.165) is 0 Å². The molecule has 11 nitrogen and oxygen atoms in total. The highest BCUT2D eigenvalue weighted by atomic mass is 16.6. The van der Waals surface area contributed by atoms with Gasteiger partial charge in [0.15, 0.2) is 0 Å². The van der Waals surface area contributed by atoms with E-state index in [0.29, 0.717) is 39.1 Å². The molecule has 1 aromatic carbocycles. The molecule has 11 heteroatoms. The molecule has 5 rings (SSSR count). The molecule has 1 N–H and O–H groups in total. The smallest absolute Gasteiger partial charge is 0.355 e. The van der Waals surface area contributed by atoms with Gasteiger partial charge in [-0.1, -0.05) is 6.92 Å². The van der Waals surface area contributed by atoms with Crippen molar-refractivity contribution in [1.82, 2.24) is 9.55 Å². The molecular formula is C23H20N4O7. The lowest BCUT2D eigenvalue weighted by Gasteiger charge is -2.35. The average Bonchev–Trinajstić information content (AvgIpc) is 3.17. The van der Waals surface area contributed by atoms with Crippen molar-refractivity contribution in [2.24, 2.45) is 0 Å². The van der Waals surface area contributed by atoms with Crippen LogP contribution in [0.1, 0.15) is 37.0 Å². The summed E-state index contributed by atoms with van der Waals surface area (Å²) in [7, 11) is 1.69. The van der Waals surface area contributed by atoms with Gasteiger partial charge in [0, 0.05) is 42.6 Å². The zero-order valence-electron chi connectivity index (χ0n) is 18.6. The fraction of sp³-hybridized carbons (Fsp3) is 0.304. The number of nitro benzene ring substituents is 1. The number of hydrogen-bond donors (Lipinski definition) is 1. The molecule has 2 aromatic heterocycles. The maximum absolute atomic E-state index is 13.5. The fourth-order valence-corrected chi connectivity index (χ4v) is 4.87. The molecule has 0 bridgehead atoms. The number of ether oxygens (including phenoxy) is 2. The first-order chi connectivity index (χ1) is 16.2. The average molecular weight is 464 g/mol. The highest BCUT2D eigenvalue weighted by molar-refractivity contribution is 5.98. The summed E-state index contributed by atoms with van der Waals surface area (Å²) in [6.07, 6.45) is 0.0880. The van der Waals surface area contributed by atoms with Crippen molar-refractivity contribution in [2.45, 2.75) is 39.0 Å². The number of fused-ring (bicyclic) bond motifs is 5. The molecule has 174 valence electrons. The monoisotopic (exact) mass is 464 g/mol. The summed E-state index contributed by atoms with van der Waals surface area (Å²) in [4.78, 5) is 53.7. The number of benzene rings is 1. The van der Waals surface area contributed by atoms with E-state index in [2.05, 4.69) is 5.32 Å². The number of esters is 2. The Morgan fingerprint density at radius 1 is 1.32 bits per heavy atom. The summed E-state index contributed by atoms with van der Waals surface area (Å²) < 4.78 is 12.2. The van der Waals surface area contributed by atoms with Gasteiger partial charge in [-0.2, -0.15) is 0 Å². The first-order valence-corrected chi connectivity index (χ1v) is 10.6. The van der Waals surface area contributed by atoms with Gasteiger partial charge in [-0.05, 0) is 18.6 Å². The molecule has 2 aliphatic heterocycles. The van der Waals surface area contributed by atoms with Gasteiger partial charge in [-0.15, -0.1) is 0 Å². The highest BCUT2D eigenvalue weighted by Crippen LogP contribution is 2.43. The van der Waals surface area contributed by atoms with Gasteiger partial charge < -0.3 is 19.4 Å². The van der Waals surface area contributed by atoms with Crippen LogP contribution in [-0.2, 0) is 37.8 Å². The minimum Gasteiger partial charge on any atom is -0.457 e. The number of anilines is 1. The minimum absolute atomic E-state index is 0.0707. The van der Waals surface area contributed by atoms with Crippen LogP contribution in [0.5, 0.6) is 0 Å². The normalized spacial score (nSPS) is 18.0. The maximum atomic E-state index is 13.5. The third-order valence-corrected chi connectivity index (χ3v) is 6.42. The Balaban J connectivity index is 1.80. The zero-order chi connectivity index (χ0) is 24.4. The quantitative estimate of drug-likeness (QED) is 0.274. The molecular weight excluding hydrogens is 444 g/mol. The van der Waals surface area contributed by atoms with Crippen molar-refractivity contribution in [2.75, 3.05) is 12.4 Å². The third kappa shape index (κ3) is 2.82. The first kappa shape index (κ1) is 21.6. The highest BCUT2D eigenvalue weighted by Gasteiger charge is 2.50. The Labute approximate surface area is 192 Å². The molecule has 3 aromatic rings. The van der Waals surface area contributed by atoms with Gasteiger partial charge in [0.1, 0.15) is 6.61 Å². The molecule has 0 saturated carbocycles. The van der Waals surface area contributed by atoms with E-state index in [1.807, 2.05) is 0 Å². The van der Waals surface area contributed by atoms with E-state index in [4.69, 9.17) is 14.5 Å². The first-order valence-electron chi connectivity index (χ1n) is 10.6. The molecule has 0 fully saturated rings. The predicted molar refractivity (Wildman–Crippen MR) is 120 cm³/mol. The molecule has 0 radical (unpaired) electrons. The number of aromatic nitrogens is 2. The lowest BCUT2D eigenvalue weighted by atomic mass is 9.85. The second-order valence-corrected chi connectivity index (χ2v) is 8.19. The number of cyclic esters (lactones) is 1. The van der Waals surface area contributed by atoms with Crippen molar-refractivity contribution in [1.29, 1.82) is 0 Å². The number of hydrogen-bond acceptors (Lipinski definition) is 9. The van der Waals surface area contributed by atoms with Crippen LogP contribution in [-0.4, -0.2) is 33.5 Å². The van der Waals surface area contributed by atoms with Gasteiger partial charge in [-0.3, -0.25) is 19.7 Å². The van der Waals surface area contributed by atoms with Gasteiger partial charge in [-0.25, -0.2) is 9.78 Å². The number of rotatable bonds is 4. The van der Waals surface area contributed by atoms with E-state index in [1.165, 1.54) is 23.6 Å². The number of non-ortho nitro benzene ring substituents is 1. The van der Waals surface area contributed by atoms with Crippen LogP contribution < -0.4 is 10.9 Å². The minimum atomic E-state index is -1.72. The predicted octanol–water partition coefficient (Wildman–Crippen LogP) is 2.60. The molecule has 34 heavy (non-hydrogen) atoms.